The Morgan fingerprint density at radius 3 is 2.68 bits per heavy atom. The van der Waals surface area contributed by atoms with Gasteiger partial charge in [0.25, 0.3) is 0 Å². The fourth-order valence-corrected chi connectivity index (χ4v) is 2.48. The quantitative estimate of drug-likeness (QED) is 0.903. The summed E-state index contributed by atoms with van der Waals surface area (Å²) in [6.07, 6.45) is 2.03. The first kappa shape index (κ1) is 14.2. The molecule has 2 rings (SSSR count). The molecule has 1 aromatic heterocycles. The van der Waals surface area contributed by atoms with Gasteiger partial charge >= 0.3 is 0 Å². The number of hydrogen-bond acceptors (Lipinski definition) is 2. The Bertz CT molecular complexity index is 576. The van der Waals surface area contributed by atoms with Crippen molar-refractivity contribution in [3.05, 3.63) is 45.7 Å². The minimum Gasteiger partial charge on any atom is -0.380 e. The fraction of sp³-hybridized carbons (Fsp3) is 0.357. The predicted molar refractivity (Wildman–Crippen MR) is 81.1 cm³/mol. The molecular formula is C14H17Cl2N3. The van der Waals surface area contributed by atoms with E-state index in [0.29, 0.717) is 22.5 Å². The number of hydrogen-bond donors (Lipinski definition) is 1. The molecule has 0 fully saturated rings. The molecule has 0 atom stereocenters. The smallest absolute Gasteiger partial charge is 0.0699 e. The second-order valence-corrected chi connectivity index (χ2v) is 5.69. The molecule has 102 valence electrons. The number of aromatic nitrogens is 2. The molecule has 0 aliphatic carbocycles. The van der Waals surface area contributed by atoms with Gasteiger partial charge in [0.05, 0.1) is 16.4 Å². The molecule has 19 heavy (non-hydrogen) atoms. The van der Waals surface area contributed by atoms with Crippen molar-refractivity contribution in [3.63, 3.8) is 0 Å². The van der Waals surface area contributed by atoms with Gasteiger partial charge in [0.1, 0.15) is 0 Å². The van der Waals surface area contributed by atoms with E-state index >= 15 is 0 Å². The molecule has 1 heterocycles. The first-order chi connectivity index (χ1) is 8.97. The predicted octanol–water partition coefficient (Wildman–Crippen LogP) is 4.46. The maximum atomic E-state index is 6.14. The highest BCUT2D eigenvalue weighted by atomic mass is 35.5. The lowest BCUT2D eigenvalue weighted by Gasteiger charge is -2.09. The molecule has 1 aromatic carbocycles. The van der Waals surface area contributed by atoms with E-state index in [1.807, 2.05) is 30.1 Å². The maximum Gasteiger partial charge on any atom is 0.0699 e. The third-order valence-corrected chi connectivity index (χ3v) is 3.43. The number of nitrogens with one attached hydrogen (secondary N) is 1. The van der Waals surface area contributed by atoms with Crippen molar-refractivity contribution in [1.82, 2.24) is 9.78 Å². The van der Waals surface area contributed by atoms with Gasteiger partial charge in [-0.05, 0) is 24.1 Å². The van der Waals surface area contributed by atoms with Gasteiger partial charge in [-0.3, -0.25) is 4.68 Å². The number of rotatable bonds is 4. The van der Waals surface area contributed by atoms with Crippen LogP contribution in [0, 0.1) is 0 Å². The highest BCUT2D eigenvalue weighted by Gasteiger charge is 2.11. The standard InChI is InChI=1S/C14H17Cl2N3/c1-9(2)14-10(8-19(3)18-14)7-17-13-5-4-11(15)6-12(13)16/h4-6,8-9,17H,7H2,1-3H3. The number of nitrogens with zero attached hydrogens (tertiary/aromatic N) is 2. The van der Waals surface area contributed by atoms with Crippen LogP contribution in [0.4, 0.5) is 5.69 Å². The Kier molecular flexibility index (Phi) is 4.38. The molecule has 5 heteroatoms. The van der Waals surface area contributed by atoms with E-state index in [0.717, 1.165) is 11.4 Å². The van der Waals surface area contributed by atoms with Gasteiger partial charge in [0.15, 0.2) is 0 Å². The van der Waals surface area contributed by atoms with E-state index in [4.69, 9.17) is 23.2 Å². The molecular weight excluding hydrogens is 281 g/mol. The zero-order chi connectivity index (χ0) is 14.0. The van der Waals surface area contributed by atoms with E-state index in [1.54, 1.807) is 6.07 Å². The van der Waals surface area contributed by atoms with Crippen molar-refractivity contribution in [2.24, 2.45) is 7.05 Å². The summed E-state index contributed by atoms with van der Waals surface area (Å²) >= 11 is 12.0. The van der Waals surface area contributed by atoms with Crippen molar-refractivity contribution >= 4 is 28.9 Å². The lowest BCUT2D eigenvalue weighted by molar-refractivity contribution is 0.712. The van der Waals surface area contributed by atoms with Crippen molar-refractivity contribution in [2.45, 2.75) is 26.3 Å². The van der Waals surface area contributed by atoms with Crippen molar-refractivity contribution in [2.75, 3.05) is 5.32 Å². The minimum atomic E-state index is 0.402. The van der Waals surface area contributed by atoms with Gasteiger partial charge in [-0.2, -0.15) is 5.10 Å². The first-order valence-corrected chi connectivity index (χ1v) is 6.94. The molecule has 2 aromatic rings. The zero-order valence-electron chi connectivity index (χ0n) is 11.2. The largest absolute Gasteiger partial charge is 0.380 e. The first-order valence-electron chi connectivity index (χ1n) is 6.18. The summed E-state index contributed by atoms with van der Waals surface area (Å²) in [5.41, 5.74) is 3.17. The summed E-state index contributed by atoms with van der Waals surface area (Å²) in [5, 5.41) is 9.07. The Labute approximate surface area is 123 Å². The number of benzene rings is 1. The number of halogens is 2. The second kappa shape index (κ2) is 5.85. The Hall–Kier alpha value is -1.19. The van der Waals surface area contributed by atoms with Crippen LogP contribution in [-0.2, 0) is 13.6 Å². The van der Waals surface area contributed by atoms with E-state index < -0.39 is 0 Å². The van der Waals surface area contributed by atoms with Gasteiger partial charge in [-0.25, -0.2) is 0 Å². The van der Waals surface area contributed by atoms with Crippen LogP contribution in [0.1, 0.15) is 31.0 Å². The molecule has 0 aliphatic rings. The lowest BCUT2D eigenvalue weighted by Crippen LogP contribution is -2.03. The highest BCUT2D eigenvalue weighted by molar-refractivity contribution is 6.36. The van der Waals surface area contributed by atoms with Crippen LogP contribution in [0.2, 0.25) is 10.0 Å². The molecule has 0 radical (unpaired) electrons. The third kappa shape index (κ3) is 3.43. The summed E-state index contributed by atoms with van der Waals surface area (Å²) in [6.45, 7) is 4.98. The average Bonchev–Trinajstić information content (AvgIpc) is 2.69. The molecule has 1 N–H and O–H groups in total. The third-order valence-electron chi connectivity index (χ3n) is 2.88. The van der Waals surface area contributed by atoms with E-state index in [-0.39, 0.29) is 0 Å². The van der Waals surface area contributed by atoms with Crippen LogP contribution >= 0.6 is 23.2 Å². The van der Waals surface area contributed by atoms with Gasteiger partial charge < -0.3 is 5.32 Å². The summed E-state index contributed by atoms with van der Waals surface area (Å²) in [7, 11) is 1.94. The summed E-state index contributed by atoms with van der Waals surface area (Å²) in [5.74, 6) is 0.402. The lowest BCUT2D eigenvalue weighted by atomic mass is 10.1. The van der Waals surface area contributed by atoms with Gasteiger partial charge in [-0.1, -0.05) is 37.0 Å². The molecule has 0 saturated heterocycles. The van der Waals surface area contributed by atoms with Crippen LogP contribution in [-0.4, -0.2) is 9.78 Å². The molecule has 3 nitrogen and oxygen atoms in total. The summed E-state index contributed by atoms with van der Waals surface area (Å²) in [4.78, 5) is 0. The van der Waals surface area contributed by atoms with Gasteiger partial charge in [-0.15, -0.1) is 0 Å². The Morgan fingerprint density at radius 1 is 1.32 bits per heavy atom. The van der Waals surface area contributed by atoms with Crippen LogP contribution < -0.4 is 5.32 Å². The minimum absolute atomic E-state index is 0.402. The molecule has 0 aliphatic heterocycles. The van der Waals surface area contributed by atoms with Crippen molar-refractivity contribution in [1.29, 1.82) is 0 Å². The highest BCUT2D eigenvalue weighted by Crippen LogP contribution is 2.26. The van der Waals surface area contributed by atoms with Crippen molar-refractivity contribution in [3.8, 4) is 0 Å². The maximum absolute atomic E-state index is 6.14. The SMILES string of the molecule is CC(C)c1nn(C)cc1CNc1ccc(Cl)cc1Cl. The number of aryl methyl sites for hydroxylation is 1. The summed E-state index contributed by atoms with van der Waals surface area (Å²) < 4.78 is 1.84. The van der Waals surface area contributed by atoms with Crippen LogP contribution in [0.5, 0.6) is 0 Å². The monoisotopic (exact) mass is 297 g/mol. The average molecular weight is 298 g/mol. The molecule has 0 unspecified atom stereocenters. The summed E-state index contributed by atoms with van der Waals surface area (Å²) in [6, 6.07) is 5.44. The molecule has 0 saturated carbocycles. The van der Waals surface area contributed by atoms with E-state index in [1.165, 1.54) is 5.56 Å². The number of anilines is 1. The normalized spacial score (nSPS) is 11.1. The van der Waals surface area contributed by atoms with Gasteiger partial charge in [0, 0.05) is 30.4 Å². The zero-order valence-corrected chi connectivity index (χ0v) is 12.8. The van der Waals surface area contributed by atoms with E-state index in [9.17, 15) is 0 Å². The fourth-order valence-electron chi connectivity index (χ4n) is 2.00. The van der Waals surface area contributed by atoms with Crippen LogP contribution in [0.3, 0.4) is 0 Å². The van der Waals surface area contributed by atoms with Gasteiger partial charge in [0.2, 0.25) is 0 Å². The molecule has 0 spiro atoms. The topological polar surface area (TPSA) is 29.9 Å². The Morgan fingerprint density at radius 2 is 2.05 bits per heavy atom. The molecule has 0 bridgehead atoms. The molecule has 0 amide bonds. The van der Waals surface area contributed by atoms with E-state index in [2.05, 4.69) is 24.3 Å². The van der Waals surface area contributed by atoms with Crippen LogP contribution in [0.15, 0.2) is 24.4 Å². The van der Waals surface area contributed by atoms with Crippen LogP contribution in [0.25, 0.3) is 0 Å². The Balaban J connectivity index is 2.14. The second-order valence-electron chi connectivity index (χ2n) is 4.85. The van der Waals surface area contributed by atoms with Crippen molar-refractivity contribution < 1.29 is 0 Å².